The van der Waals surface area contributed by atoms with Crippen LogP contribution in [0.5, 0.6) is 0 Å². The topological polar surface area (TPSA) is 56.0 Å². The molecule has 1 aromatic carbocycles. The Morgan fingerprint density at radius 3 is 2.82 bits per heavy atom. The zero-order chi connectivity index (χ0) is 12.7. The number of nitrogens with one attached hydrogen (secondary N) is 1. The van der Waals surface area contributed by atoms with E-state index in [0.29, 0.717) is 12.0 Å². The van der Waals surface area contributed by atoms with Gasteiger partial charge in [0.15, 0.2) is 0 Å². The van der Waals surface area contributed by atoms with Crippen LogP contribution in [0.1, 0.15) is 25.3 Å². The Labute approximate surface area is 107 Å². The highest BCUT2D eigenvalue weighted by atomic mass is 32.2. The van der Waals surface area contributed by atoms with Crippen molar-refractivity contribution in [1.82, 2.24) is 0 Å². The van der Waals surface area contributed by atoms with Gasteiger partial charge in [-0.2, -0.15) is 5.26 Å². The molecule has 2 N–H and O–H groups in total. The molecule has 1 atom stereocenters. The average molecular weight is 250 g/mol. The number of aliphatic hydroxyl groups is 1. The zero-order valence-corrected chi connectivity index (χ0v) is 11.0. The first-order valence-electron chi connectivity index (χ1n) is 5.71. The molecule has 3 nitrogen and oxygen atoms in total. The van der Waals surface area contributed by atoms with Crippen LogP contribution >= 0.6 is 11.8 Å². The molecule has 0 saturated heterocycles. The zero-order valence-electron chi connectivity index (χ0n) is 10.2. The summed E-state index contributed by atoms with van der Waals surface area (Å²) in [5, 5.41) is 21.5. The number of anilines is 1. The van der Waals surface area contributed by atoms with Gasteiger partial charge in [0, 0.05) is 17.5 Å². The molecule has 1 aromatic rings. The molecule has 17 heavy (non-hydrogen) atoms. The van der Waals surface area contributed by atoms with Gasteiger partial charge in [-0.05, 0) is 31.2 Å². The fraction of sp³-hybridized carbons (Fsp3) is 0.462. The maximum atomic E-state index is 9.19. The Morgan fingerprint density at radius 2 is 2.29 bits per heavy atom. The van der Waals surface area contributed by atoms with E-state index >= 15 is 0 Å². The van der Waals surface area contributed by atoms with Gasteiger partial charge < -0.3 is 10.4 Å². The summed E-state index contributed by atoms with van der Waals surface area (Å²) < 4.78 is 0. The third kappa shape index (κ3) is 3.65. The largest absolute Gasteiger partial charge is 0.396 e. The van der Waals surface area contributed by atoms with Crippen LogP contribution in [0.4, 0.5) is 5.69 Å². The SMILES string of the molecule is CCC(CCO)Nc1cccc(SC)c1C#N. The lowest BCUT2D eigenvalue weighted by molar-refractivity contribution is 0.278. The third-order valence-corrected chi connectivity index (χ3v) is 3.47. The second-order valence-electron chi connectivity index (χ2n) is 3.76. The first-order chi connectivity index (χ1) is 8.26. The van der Waals surface area contributed by atoms with Crippen LogP contribution in [0, 0.1) is 11.3 Å². The van der Waals surface area contributed by atoms with Crippen molar-refractivity contribution >= 4 is 17.4 Å². The highest BCUT2D eigenvalue weighted by Gasteiger charge is 2.11. The predicted molar refractivity (Wildman–Crippen MR) is 72.3 cm³/mol. The normalized spacial score (nSPS) is 11.9. The van der Waals surface area contributed by atoms with E-state index in [9.17, 15) is 5.26 Å². The van der Waals surface area contributed by atoms with Crippen molar-refractivity contribution in [2.75, 3.05) is 18.2 Å². The minimum Gasteiger partial charge on any atom is -0.396 e. The van der Waals surface area contributed by atoms with Crippen LogP contribution in [0.25, 0.3) is 0 Å². The molecule has 0 saturated carbocycles. The van der Waals surface area contributed by atoms with Crippen molar-refractivity contribution < 1.29 is 5.11 Å². The standard InChI is InChI=1S/C13H18N2OS/c1-3-10(7-8-16)15-12-5-4-6-13(17-2)11(12)9-14/h4-6,10,15-16H,3,7-8H2,1-2H3. The molecule has 0 radical (unpaired) electrons. The molecule has 0 spiro atoms. The van der Waals surface area contributed by atoms with Crippen molar-refractivity contribution in [3.8, 4) is 6.07 Å². The van der Waals surface area contributed by atoms with Crippen LogP contribution in [-0.4, -0.2) is 24.0 Å². The molecule has 0 aliphatic heterocycles. The smallest absolute Gasteiger partial charge is 0.102 e. The second kappa shape index (κ2) is 7.21. The third-order valence-electron chi connectivity index (χ3n) is 2.69. The lowest BCUT2D eigenvalue weighted by Gasteiger charge is -2.18. The first kappa shape index (κ1) is 13.9. The van der Waals surface area contributed by atoms with Crippen molar-refractivity contribution in [2.24, 2.45) is 0 Å². The number of hydrogen-bond donors (Lipinski definition) is 2. The highest BCUT2D eigenvalue weighted by molar-refractivity contribution is 7.98. The fourth-order valence-corrected chi connectivity index (χ4v) is 2.27. The Hall–Kier alpha value is -1.18. The Morgan fingerprint density at radius 1 is 1.53 bits per heavy atom. The number of hydrogen-bond acceptors (Lipinski definition) is 4. The number of thioether (sulfide) groups is 1. The minimum atomic E-state index is 0.162. The van der Waals surface area contributed by atoms with Crippen LogP contribution < -0.4 is 5.32 Å². The molecule has 0 aromatic heterocycles. The predicted octanol–water partition coefficient (Wildman–Crippen LogP) is 2.85. The Kier molecular flexibility index (Phi) is 5.88. The quantitative estimate of drug-likeness (QED) is 0.762. The van der Waals surface area contributed by atoms with E-state index in [0.717, 1.165) is 17.0 Å². The molecule has 0 fully saturated rings. The van der Waals surface area contributed by atoms with Gasteiger partial charge in [0.25, 0.3) is 0 Å². The summed E-state index contributed by atoms with van der Waals surface area (Å²) in [6.45, 7) is 2.23. The Balaban J connectivity index is 2.94. The van der Waals surface area contributed by atoms with E-state index in [4.69, 9.17) is 5.11 Å². The van der Waals surface area contributed by atoms with Crippen LogP contribution in [0.2, 0.25) is 0 Å². The van der Waals surface area contributed by atoms with E-state index in [1.54, 1.807) is 11.8 Å². The van der Waals surface area contributed by atoms with E-state index in [1.165, 1.54) is 0 Å². The molecule has 0 aliphatic rings. The molecule has 92 valence electrons. The lowest BCUT2D eigenvalue weighted by atomic mass is 10.1. The summed E-state index contributed by atoms with van der Waals surface area (Å²) in [6, 6.07) is 8.26. The van der Waals surface area contributed by atoms with Crippen LogP contribution in [0.15, 0.2) is 23.1 Å². The van der Waals surface area contributed by atoms with E-state index in [2.05, 4.69) is 18.3 Å². The number of nitriles is 1. The minimum absolute atomic E-state index is 0.162. The van der Waals surface area contributed by atoms with Gasteiger partial charge in [0.1, 0.15) is 6.07 Å². The maximum absolute atomic E-state index is 9.19. The summed E-state index contributed by atoms with van der Waals surface area (Å²) in [7, 11) is 0. The fourth-order valence-electron chi connectivity index (χ4n) is 1.69. The van der Waals surface area contributed by atoms with Gasteiger partial charge in [-0.15, -0.1) is 11.8 Å². The van der Waals surface area contributed by atoms with Gasteiger partial charge in [-0.1, -0.05) is 13.0 Å². The number of aliphatic hydroxyl groups excluding tert-OH is 1. The summed E-state index contributed by atoms with van der Waals surface area (Å²) >= 11 is 1.57. The highest BCUT2D eigenvalue weighted by Crippen LogP contribution is 2.27. The number of nitrogens with zero attached hydrogens (tertiary/aromatic N) is 1. The molecule has 0 amide bonds. The summed E-state index contributed by atoms with van der Waals surface area (Å²) in [5.74, 6) is 0. The molecular formula is C13H18N2OS. The van der Waals surface area contributed by atoms with Crippen molar-refractivity contribution in [2.45, 2.75) is 30.7 Å². The molecule has 4 heteroatoms. The monoisotopic (exact) mass is 250 g/mol. The van der Waals surface area contributed by atoms with Crippen molar-refractivity contribution in [3.63, 3.8) is 0 Å². The van der Waals surface area contributed by atoms with Gasteiger partial charge in [-0.3, -0.25) is 0 Å². The summed E-state index contributed by atoms with van der Waals surface area (Å²) in [5.41, 5.74) is 1.55. The average Bonchev–Trinajstić information content (AvgIpc) is 2.37. The van der Waals surface area contributed by atoms with Gasteiger partial charge in [0.2, 0.25) is 0 Å². The lowest BCUT2D eigenvalue weighted by Crippen LogP contribution is -2.20. The van der Waals surface area contributed by atoms with Crippen LogP contribution in [-0.2, 0) is 0 Å². The second-order valence-corrected chi connectivity index (χ2v) is 4.60. The molecule has 1 unspecified atom stereocenters. The molecule has 0 bridgehead atoms. The van der Waals surface area contributed by atoms with Gasteiger partial charge >= 0.3 is 0 Å². The van der Waals surface area contributed by atoms with Crippen molar-refractivity contribution in [1.29, 1.82) is 5.26 Å². The molecule has 0 heterocycles. The van der Waals surface area contributed by atoms with E-state index < -0.39 is 0 Å². The maximum Gasteiger partial charge on any atom is 0.102 e. The van der Waals surface area contributed by atoms with Crippen molar-refractivity contribution in [3.05, 3.63) is 23.8 Å². The molecule has 0 aliphatic carbocycles. The Bertz CT molecular complexity index is 401. The van der Waals surface area contributed by atoms with E-state index in [-0.39, 0.29) is 12.6 Å². The number of benzene rings is 1. The summed E-state index contributed by atoms with van der Waals surface area (Å²) in [6.07, 6.45) is 3.59. The van der Waals surface area contributed by atoms with Gasteiger partial charge in [0.05, 0.1) is 11.3 Å². The first-order valence-corrected chi connectivity index (χ1v) is 6.93. The van der Waals surface area contributed by atoms with E-state index in [1.807, 2.05) is 24.5 Å². The molecular weight excluding hydrogens is 232 g/mol. The molecule has 1 rings (SSSR count). The van der Waals surface area contributed by atoms with Crippen LogP contribution in [0.3, 0.4) is 0 Å². The number of rotatable bonds is 6. The summed E-state index contributed by atoms with van der Waals surface area (Å²) in [4.78, 5) is 0.983. The van der Waals surface area contributed by atoms with Gasteiger partial charge in [-0.25, -0.2) is 0 Å².